The van der Waals surface area contributed by atoms with Crippen molar-refractivity contribution in [1.29, 1.82) is 0 Å². The van der Waals surface area contributed by atoms with Crippen LogP contribution in [-0.4, -0.2) is 36.8 Å². The van der Waals surface area contributed by atoms with Crippen molar-refractivity contribution in [1.82, 2.24) is 4.98 Å². The summed E-state index contributed by atoms with van der Waals surface area (Å²) in [7, 11) is 2.60. The Morgan fingerprint density at radius 3 is 2.24 bits per heavy atom. The van der Waals surface area contributed by atoms with E-state index in [2.05, 4.69) is 51.9 Å². The molecular weight excluding hydrogens is 438 g/mol. The van der Waals surface area contributed by atoms with Crippen LogP contribution in [0.25, 0.3) is 0 Å². The number of thiazole rings is 1. The van der Waals surface area contributed by atoms with Crippen molar-refractivity contribution in [2.45, 2.75) is 25.2 Å². The third-order valence-corrected chi connectivity index (χ3v) is 7.44. The number of benzene rings is 2. The lowest BCUT2D eigenvalue weighted by Gasteiger charge is -2.50. The Morgan fingerprint density at radius 1 is 1.06 bits per heavy atom. The van der Waals surface area contributed by atoms with Crippen molar-refractivity contribution in [3.05, 3.63) is 81.9 Å². The molecule has 1 aromatic heterocycles. The van der Waals surface area contributed by atoms with Crippen LogP contribution in [-0.2, 0) is 19.2 Å². The molecule has 2 aromatic carbocycles. The highest BCUT2D eigenvalue weighted by atomic mass is 32.1. The lowest BCUT2D eigenvalue weighted by Crippen LogP contribution is -2.47. The minimum absolute atomic E-state index is 0.0463. The molecule has 1 atom stereocenters. The van der Waals surface area contributed by atoms with Crippen LogP contribution in [0.2, 0.25) is 0 Å². The number of carbonyl (C=O) groups excluding carboxylic acids is 2. The first kappa shape index (κ1) is 21.3. The minimum atomic E-state index is -0.662. The zero-order valence-electron chi connectivity index (χ0n) is 18.5. The Kier molecular flexibility index (Phi) is 5.25. The predicted octanol–water partition coefficient (Wildman–Crippen LogP) is 4.29. The second-order valence-corrected chi connectivity index (χ2v) is 9.33. The number of aromatic nitrogens is 1. The van der Waals surface area contributed by atoms with Crippen molar-refractivity contribution in [2.75, 3.05) is 19.5 Å². The number of nitrogens with one attached hydrogen (secondary N) is 1. The van der Waals surface area contributed by atoms with Gasteiger partial charge in [0.1, 0.15) is 12.8 Å². The highest BCUT2D eigenvalue weighted by molar-refractivity contribution is 7.14. The number of ether oxygens (including phenoxy) is 1. The predicted molar refractivity (Wildman–Crippen MR) is 126 cm³/mol. The summed E-state index contributed by atoms with van der Waals surface area (Å²) in [5, 5.41) is 8.75. The van der Waals surface area contributed by atoms with Crippen LogP contribution < -0.4 is 5.32 Å². The first-order valence-electron chi connectivity index (χ1n) is 10.6. The maximum absolute atomic E-state index is 13.7. The van der Waals surface area contributed by atoms with E-state index >= 15 is 0 Å². The van der Waals surface area contributed by atoms with E-state index in [-0.39, 0.29) is 29.1 Å². The van der Waals surface area contributed by atoms with Gasteiger partial charge in [0.25, 0.3) is 0 Å². The summed E-state index contributed by atoms with van der Waals surface area (Å²) in [6.07, 6.45) is 0.717. The molecule has 2 bridgehead atoms. The molecule has 8 heteroatoms. The number of methoxy groups -OCH3 is 1. The Hall–Kier alpha value is -3.52. The summed E-state index contributed by atoms with van der Waals surface area (Å²) in [5.74, 6) is -0.629. The highest BCUT2D eigenvalue weighted by Crippen LogP contribution is 2.61. The largest absolute Gasteiger partial charge is 0.464 e. The quantitative estimate of drug-likeness (QED) is 0.348. The van der Waals surface area contributed by atoms with Crippen molar-refractivity contribution in [3.63, 3.8) is 0 Å². The van der Waals surface area contributed by atoms with E-state index in [0.717, 1.165) is 0 Å². The molecule has 168 valence electrons. The van der Waals surface area contributed by atoms with E-state index in [9.17, 15) is 9.59 Å². The molecule has 3 aliphatic rings. The highest BCUT2D eigenvalue weighted by Gasteiger charge is 2.54. The number of carbonyl (C=O) groups is 2. The van der Waals surface area contributed by atoms with Crippen LogP contribution in [0.5, 0.6) is 0 Å². The standard InChI is InChI=1S/C25H23N3O4S/c1-25(23(30)27-24-26-19(13-33-24)21(28-32-3)22(29)31-2)12-18-14-8-4-6-10-16(14)20(25)17-11-7-5-9-15(17)18/h4-11,13,18,20H,12H2,1-3H3,(H,26,27,30). The first-order chi connectivity index (χ1) is 16.0. The number of oxime groups is 1. The molecule has 0 fully saturated rings. The second kappa shape index (κ2) is 8.12. The monoisotopic (exact) mass is 461 g/mol. The molecule has 1 unspecified atom stereocenters. The van der Waals surface area contributed by atoms with Gasteiger partial charge in [0.2, 0.25) is 11.6 Å². The Morgan fingerprint density at radius 2 is 1.67 bits per heavy atom. The molecule has 0 spiro atoms. The zero-order valence-corrected chi connectivity index (χ0v) is 19.3. The minimum Gasteiger partial charge on any atom is -0.464 e. The summed E-state index contributed by atoms with van der Waals surface area (Å²) in [5.41, 5.74) is 4.63. The van der Waals surface area contributed by atoms with Gasteiger partial charge in [-0.25, -0.2) is 9.78 Å². The molecule has 3 aliphatic carbocycles. The Bertz CT molecular complexity index is 1240. The van der Waals surface area contributed by atoms with Crippen molar-refractivity contribution in [2.24, 2.45) is 10.6 Å². The zero-order chi connectivity index (χ0) is 23.2. The molecule has 1 N–H and O–H groups in total. The lowest BCUT2D eigenvalue weighted by atomic mass is 9.52. The van der Waals surface area contributed by atoms with Crippen LogP contribution in [0, 0.1) is 5.41 Å². The summed E-state index contributed by atoms with van der Waals surface area (Å²) < 4.78 is 4.75. The third kappa shape index (κ3) is 3.33. The van der Waals surface area contributed by atoms with Gasteiger partial charge in [0, 0.05) is 17.2 Å². The van der Waals surface area contributed by atoms with Gasteiger partial charge in [-0.05, 0) is 35.6 Å². The van der Waals surface area contributed by atoms with E-state index in [0.29, 0.717) is 11.6 Å². The molecule has 33 heavy (non-hydrogen) atoms. The van der Waals surface area contributed by atoms with Gasteiger partial charge < -0.3 is 14.9 Å². The maximum atomic E-state index is 13.7. The third-order valence-electron chi connectivity index (χ3n) is 6.68. The molecule has 0 saturated heterocycles. The number of amides is 1. The topological polar surface area (TPSA) is 89.9 Å². The molecule has 3 aromatic rings. The number of fused-ring (bicyclic) bond motifs is 1. The fourth-order valence-corrected chi connectivity index (χ4v) is 5.94. The first-order valence-corrected chi connectivity index (χ1v) is 11.5. The fourth-order valence-electron chi connectivity index (χ4n) is 5.25. The van der Waals surface area contributed by atoms with Crippen LogP contribution in [0.1, 0.15) is 53.1 Å². The molecule has 1 amide bonds. The Labute approximate surface area is 195 Å². The van der Waals surface area contributed by atoms with E-state index in [1.165, 1.54) is 47.8 Å². The van der Waals surface area contributed by atoms with Crippen LogP contribution in [0.15, 0.2) is 59.1 Å². The van der Waals surface area contributed by atoms with Crippen LogP contribution in [0.3, 0.4) is 0 Å². The molecule has 7 nitrogen and oxygen atoms in total. The smallest absolute Gasteiger partial charge is 0.362 e. The molecular formula is C25H23N3O4S. The van der Waals surface area contributed by atoms with Gasteiger partial charge in [0.15, 0.2) is 5.13 Å². The number of esters is 1. The molecule has 0 saturated carbocycles. The van der Waals surface area contributed by atoms with Gasteiger partial charge in [-0.1, -0.05) is 53.7 Å². The molecule has 0 radical (unpaired) electrons. The number of nitrogens with zero attached hydrogens (tertiary/aromatic N) is 2. The summed E-state index contributed by atoms with van der Waals surface area (Å²) in [6, 6.07) is 16.8. The van der Waals surface area contributed by atoms with Gasteiger partial charge in [0.05, 0.1) is 12.5 Å². The number of anilines is 1. The average molecular weight is 462 g/mol. The Balaban J connectivity index is 1.48. The summed E-state index contributed by atoms with van der Waals surface area (Å²) in [4.78, 5) is 34.8. The van der Waals surface area contributed by atoms with Crippen LogP contribution >= 0.6 is 11.3 Å². The van der Waals surface area contributed by atoms with Crippen LogP contribution in [0.4, 0.5) is 5.13 Å². The van der Waals surface area contributed by atoms with E-state index in [1.807, 2.05) is 19.1 Å². The van der Waals surface area contributed by atoms with Gasteiger partial charge in [-0.15, -0.1) is 11.3 Å². The second-order valence-electron chi connectivity index (χ2n) is 8.47. The van der Waals surface area contributed by atoms with E-state index < -0.39 is 11.4 Å². The van der Waals surface area contributed by atoms with E-state index in [4.69, 9.17) is 9.57 Å². The normalized spacial score (nSPS) is 22.8. The van der Waals surface area contributed by atoms with Crippen molar-refractivity contribution >= 4 is 34.1 Å². The number of rotatable bonds is 5. The van der Waals surface area contributed by atoms with Gasteiger partial charge in [-0.2, -0.15) is 0 Å². The maximum Gasteiger partial charge on any atom is 0.362 e. The fraction of sp³-hybridized carbons (Fsp3) is 0.280. The van der Waals surface area contributed by atoms with Gasteiger partial charge >= 0.3 is 5.97 Å². The van der Waals surface area contributed by atoms with Crippen molar-refractivity contribution in [3.8, 4) is 0 Å². The SMILES string of the molecule is CON=C(C(=O)OC)c1csc(NC(=O)C2(C)CC3c4ccccc4C2c2ccccc23)n1. The lowest BCUT2D eigenvalue weighted by molar-refractivity contribution is -0.132. The average Bonchev–Trinajstić information content (AvgIpc) is 3.30. The van der Waals surface area contributed by atoms with Gasteiger partial charge in [-0.3, -0.25) is 4.79 Å². The summed E-state index contributed by atoms with van der Waals surface area (Å²) in [6.45, 7) is 2.03. The summed E-state index contributed by atoms with van der Waals surface area (Å²) >= 11 is 1.23. The molecule has 0 aliphatic heterocycles. The molecule has 6 rings (SSSR count). The number of hydrogen-bond acceptors (Lipinski definition) is 7. The van der Waals surface area contributed by atoms with E-state index in [1.54, 1.807) is 5.38 Å². The van der Waals surface area contributed by atoms with Crippen molar-refractivity contribution < 1.29 is 19.2 Å². The molecule has 1 heterocycles. The number of hydrogen-bond donors (Lipinski definition) is 1.